The standard InChI is InChI=1S/C21H23N5O5/c1-29-14-5-2-12(3-6-14)10-25-18(27)11-30-17-9-23-20(24-19(17)25)26-15-7-4-13(22)8-16(15)31-21(26)28/h2-3,5-6,9,13,15-16H,4,7-8,10-11,22H2,1H3/t13-,15-,16+/m0/s1. The smallest absolute Gasteiger partial charge is 0.417 e. The van der Waals surface area contributed by atoms with Crippen molar-refractivity contribution >= 4 is 23.8 Å². The third kappa shape index (κ3) is 3.52. The highest BCUT2D eigenvalue weighted by molar-refractivity contribution is 5.97. The van der Waals surface area contributed by atoms with E-state index in [4.69, 9.17) is 19.9 Å². The highest BCUT2D eigenvalue weighted by Crippen LogP contribution is 2.37. The fourth-order valence-corrected chi connectivity index (χ4v) is 4.29. The third-order valence-corrected chi connectivity index (χ3v) is 5.92. The van der Waals surface area contributed by atoms with Gasteiger partial charge in [-0.25, -0.2) is 14.7 Å². The molecule has 2 N–H and O–H groups in total. The molecule has 5 rings (SSSR count). The quantitative estimate of drug-likeness (QED) is 0.785. The van der Waals surface area contributed by atoms with Crippen LogP contribution in [0.25, 0.3) is 0 Å². The van der Waals surface area contributed by atoms with Gasteiger partial charge in [-0.2, -0.15) is 4.98 Å². The van der Waals surface area contributed by atoms with Gasteiger partial charge in [0.05, 0.1) is 25.9 Å². The third-order valence-electron chi connectivity index (χ3n) is 5.92. The van der Waals surface area contributed by atoms with Crippen LogP contribution < -0.4 is 25.0 Å². The second-order valence-electron chi connectivity index (χ2n) is 7.91. The maximum atomic E-state index is 12.6. The van der Waals surface area contributed by atoms with Crippen molar-refractivity contribution in [3.63, 3.8) is 0 Å². The molecule has 2 amide bonds. The van der Waals surface area contributed by atoms with Gasteiger partial charge in [0.2, 0.25) is 5.95 Å². The molecule has 0 spiro atoms. The summed E-state index contributed by atoms with van der Waals surface area (Å²) in [7, 11) is 1.60. The molecule has 3 heterocycles. The summed E-state index contributed by atoms with van der Waals surface area (Å²) in [6, 6.07) is 7.29. The van der Waals surface area contributed by atoms with Gasteiger partial charge in [0.1, 0.15) is 11.9 Å². The van der Waals surface area contributed by atoms with E-state index >= 15 is 0 Å². The number of fused-ring (bicyclic) bond motifs is 2. The summed E-state index contributed by atoms with van der Waals surface area (Å²) in [5.74, 6) is 1.44. The Bertz CT molecular complexity index is 1010. The van der Waals surface area contributed by atoms with Crippen molar-refractivity contribution in [1.82, 2.24) is 9.97 Å². The average Bonchev–Trinajstić information content (AvgIpc) is 3.10. The van der Waals surface area contributed by atoms with Gasteiger partial charge in [0, 0.05) is 12.5 Å². The Hall–Kier alpha value is -3.40. The van der Waals surface area contributed by atoms with Gasteiger partial charge in [0.25, 0.3) is 5.91 Å². The summed E-state index contributed by atoms with van der Waals surface area (Å²) < 4.78 is 16.2. The van der Waals surface area contributed by atoms with Crippen LogP contribution >= 0.6 is 0 Å². The summed E-state index contributed by atoms with van der Waals surface area (Å²) in [5, 5.41) is 0. The number of ether oxygens (including phenoxy) is 3. The minimum atomic E-state index is -0.492. The molecule has 3 aliphatic rings. The van der Waals surface area contributed by atoms with Crippen LogP contribution in [0.2, 0.25) is 0 Å². The maximum absolute atomic E-state index is 12.6. The first kappa shape index (κ1) is 19.6. The number of rotatable bonds is 4. The van der Waals surface area contributed by atoms with Crippen LogP contribution in [0.5, 0.6) is 11.5 Å². The first-order valence-corrected chi connectivity index (χ1v) is 10.2. The van der Waals surface area contributed by atoms with E-state index in [1.54, 1.807) is 12.0 Å². The number of benzene rings is 1. The largest absolute Gasteiger partial charge is 0.497 e. The van der Waals surface area contributed by atoms with E-state index in [0.29, 0.717) is 31.0 Å². The Morgan fingerprint density at radius 2 is 2.03 bits per heavy atom. The molecular weight excluding hydrogens is 402 g/mol. The Balaban J connectivity index is 1.45. The molecule has 1 saturated heterocycles. The van der Waals surface area contributed by atoms with Crippen molar-refractivity contribution in [2.75, 3.05) is 23.5 Å². The molecule has 2 fully saturated rings. The zero-order chi connectivity index (χ0) is 21.5. The van der Waals surface area contributed by atoms with Gasteiger partial charge in [-0.1, -0.05) is 12.1 Å². The molecule has 10 heteroatoms. The normalized spacial score (nSPS) is 24.9. The van der Waals surface area contributed by atoms with E-state index in [1.807, 2.05) is 24.3 Å². The first-order chi connectivity index (χ1) is 15.0. The highest BCUT2D eigenvalue weighted by Gasteiger charge is 2.47. The number of hydrogen-bond acceptors (Lipinski definition) is 8. The fourth-order valence-electron chi connectivity index (χ4n) is 4.29. The fraction of sp³-hybridized carbons (Fsp3) is 0.429. The summed E-state index contributed by atoms with van der Waals surface area (Å²) in [4.78, 5) is 37.1. The number of carbonyl (C=O) groups excluding carboxylic acids is 2. The van der Waals surface area contributed by atoms with E-state index < -0.39 is 6.09 Å². The number of nitrogens with two attached hydrogens (primary N) is 1. The molecular formula is C21H23N5O5. The first-order valence-electron chi connectivity index (χ1n) is 10.2. The van der Waals surface area contributed by atoms with Gasteiger partial charge in [0.15, 0.2) is 18.2 Å². The number of aromatic nitrogens is 2. The summed E-state index contributed by atoms with van der Waals surface area (Å²) >= 11 is 0. The lowest BCUT2D eigenvalue weighted by Gasteiger charge is -2.31. The molecule has 1 aliphatic carbocycles. The van der Waals surface area contributed by atoms with Crippen molar-refractivity contribution in [2.24, 2.45) is 5.73 Å². The minimum Gasteiger partial charge on any atom is -0.497 e. The van der Waals surface area contributed by atoms with E-state index in [2.05, 4.69) is 9.97 Å². The lowest BCUT2D eigenvalue weighted by Crippen LogP contribution is -2.45. The van der Waals surface area contributed by atoms with Crippen molar-refractivity contribution in [3.8, 4) is 11.5 Å². The zero-order valence-corrected chi connectivity index (χ0v) is 17.1. The zero-order valence-electron chi connectivity index (χ0n) is 17.1. The SMILES string of the molecule is COc1ccc(CN2C(=O)COc3cnc(N4C(=O)O[C@@H]5C[C@@H](N)CC[C@@H]54)nc32)cc1. The lowest BCUT2D eigenvalue weighted by atomic mass is 9.89. The maximum Gasteiger partial charge on any atom is 0.417 e. The Kier molecular flexibility index (Phi) is 4.85. The van der Waals surface area contributed by atoms with Gasteiger partial charge in [-0.15, -0.1) is 0 Å². The molecule has 31 heavy (non-hydrogen) atoms. The number of hydrogen-bond donors (Lipinski definition) is 1. The van der Waals surface area contributed by atoms with Crippen molar-refractivity contribution in [1.29, 1.82) is 0 Å². The average molecular weight is 425 g/mol. The van der Waals surface area contributed by atoms with Gasteiger partial charge in [-0.3, -0.25) is 9.69 Å². The Morgan fingerprint density at radius 1 is 1.23 bits per heavy atom. The second-order valence-corrected chi connectivity index (χ2v) is 7.91. The lowest BCUT2D eigenvalue weighted by molar-refractivity contribution is -0.121. The molecule has 10 nitrogen and oxygen atoms in total. The minimum absolute atomic E-state index is 0.0180. The number of methoxy groups -OCH3 is 1. The van der Waals surface area contributed by atoms with Crippen LogP contribution in [0.3, 0.4) is 0 Å². The molecule has 1 saturated carbocycles. The van der Waals surface area contributed by atoms with Gasteiger partial charge >= 0.3 is 6.09 Å². The number of anilines is 2. The van der Waals surface area contributed by atoms with Crippen molar-refractivity contribution in [3.05, 3.63) is 36.0 Å². The monoisotopic (exact) mass is 425 g/mol. The molecule has 0 unspecified atom stereocenters. The van der Waals surface area contributed by atoms with Gasteiger partial charge in [-0.05, 0) is 30.5 Å². The second kappa shape index (κ2) is 7.69. The molecule has 1 aromatic carbocycles. The molecule has 2 aliphatic heterocycles. The predicted molar refractivity (Wildman–Crippen MR) is 110 cm³/mol. The Labute approximate surface area is 178 Å². The van der Waals surface area contributed by atoms with E-state index in [-0.39, 0.29) is 36.7 Å². The molecule has 2 aromatic rings. The van der Waals surface area contributed by atoms with E-state index in [0.717, 1.165) is 17.7 Å². The summed E-state index contributed by atoms with van der Waals surface area (Å²) in [6.45, 7) is 0.210. The van der Waals surface area contributed by atoms with Gasteiger partial charge < -0.3 is 19.9 Å². The van der Waals surface area contributed by atoms with Crippen LogP contribution in [0.1, 0.15) is 24.8 Å². The summed E-state index contributed by atoms with van der Waals surface area (Å²) in [6.07, 6.45) is 2.86. The number of carbonyl (C=O) groups is 2. The number of amides is 2. The summed E-state index contributed by atoms with van der Waals surface area (Å²) in [5.41, 5.74) is 6.93. The molecule has 3 atom stereocenters. The van der Waals surface area contributed by atoms with Crippen LogP contribution in [-0.4, -0.2) is 53.9 Å². The van der Waals surface area contributed by atoms with Crippen LogP contribution in [0, 0.1) is 0 Å². The van der Waals surface area contributed by atoms with Crippen molar-refractivity contribution < 1.29 is 23.8 Å². The molecule has 0 bridgehead atoms. The number of nitrogens with zero attached hydrogens (tertiary/aromatic N) is 4. The highest BCUT2D eigenvalue weighted by atomic mass is 16.6. The predicted octanol–water partition coefficient (Wildman–Crippen LogP) is 1.62. The van der Waals surface area contributed by atoms with Crippen LogP contribution in [-0.2, 0) is 16.1 Å². The van der Waals surface area contributed by atoms with Crippen LogP contribution in [0.4, 0.5) is 16.6 Å². The van der Waals surface area contributed by atoms with E-state index in [1.165, 1.54) is 11.1 Å². The molecule has 1 aromatic heterocycles. The molecule has 0 radical (unpaired) electrons. The topological polar surface area (TPSA) is 120 Å². The molecule has 162 valence electrons. The Morgan fingerprint density at radius 3 is 2.81 bits per heavy atom. The van der Waals surface area contributed by atoms with Crippen molar-refractivity contribution in [2.45, 2.75) is 44.0 Å². The van der Waals surface area contributed by atoms with Crippen LogP contribution in [0.15, 0.2) is 30.5 Å². The van der Waals surface area contributed by atoms with E-state index in [9.17, 15) is 9.59 Å².